The van der Waals surface area contributed by atoms with Gasteiger partial charge < -0.3 is 43.6 Å². The number of hydrogen-bond acceptors (Lipinski definition) is 12. The van der Waals surface area contributed by atoms with Gasteiger partial charge in [0.25, 0.3) is 5.69 Å². The van der Waals surface area contributed by atoms with Crippen LogP contribution in [0.4, 0.5) is 10.5 Å². The number of nitro benzene ring substituents is 1. The Balaban J connectivity index is 1.55. The van der Waals surface area contributed by atoms with E-state index in [4.69, 9.17) is 45.3 Å². The molecule has 2 aliphatic heterocycles. The molecular weight excluding hydrogens is 758 g/mol. The van der Waals surface area contributed by atoms with Gasteiger partial charge in [0.2, 0.25) is 12.1 Å². The number of ether oxygens (including phenoxy) is 5. The zero-order valence-electron chi connectivity index (χ0n) is 32.5. The lowest BCUT2D eigenvalue weighted by Crippen LogP contribution is -2.69. The summed E-state index contributed by atoms with van der Waals surface area (Å²) in [7, 11) is 1.65. The highest BCUT2D eigenvalue weighted by Gasteiger charge is 2.65. The largest absolute Gasteiger partial charge is 0.459 e. The molecule has 57 heavy (non-hydrogen) atoms. The fourth-order valence-electron chi connectivity index (χ4n) is 8.86. The summed E-state index contributed by atoms with van der Waals surface area (Å²) in [6.45, 7) is 4.78. The molecule has 0 bridgehead atoms. The van der Waals surface area contributed by atoms with Crippen LogP contribution < -0.4 is 9.47 Å². The number of nitrogens with zero attached hydrogens (tertiary/aromatic N) is 3. The van der Waals surface area contributed by atoms with Crippen molar-refractivity contribution in [3.63, 3.8) is 0 Å². The van der Waals surface area contributed by atoms with Crippen molar-refractivity contribution >= 4 is 29.1 Å². The number of benzene rings is 2. The number of fused-ring (bicyclic) bond motifs is 2. The average molecular weight is 812 g/mol. The first-order valence-corrected chi connectivity index (χ1v) is 20.5. The molecule has 2 aromatic carbocycles. The maximum absolute atomic E-state index is 13.7. The van der Waals surface area contributed by atoms with Gasteiger partial charge in [-0.05, 0) is 80.2 Å². The van der Waals surface area contributed by atoms with E-state index in [1.54, 1.807) is 31.3 Å². The predicted molar refractivity (Wildman–Crippen MR) is 213 cm³/mol. The van der Waals surface area contributed by atoms with Crippen LogP contribution in [-0.4, -0.2) is 95.9 Å². The molecule has 2 N–H and O–H groups in total. The summed E-state index contributed by atoms with van der Waals surface area (Å²) in [6, 6.07) is 10.7. The minimum atomic E-state index is -1.46. The monoisotopic (exact) mass is 811 g/mol. The number of carbonyl (C=O) groups is 1. The van der Waals surface area contributed by atoms with Crippen LogP contribution in [0.25, 0.3) is 0 Å². The second kappa shape index (κ2) is 20.0. The first-order valence-electron chi connectivity index (χ1n) is 20.0. The number of allylic oxidation sites excluding steroid dienone is 1. The molecule has 0 aromatic heterocycles. The number of carbonyl (C=O) groups excluding carboxylic acids is 1. The Bertz CT molecular complexity index is 1770. The van der Waals surface area contributed by atoms with Gasteiger partial charge in [-0.2, -0.15) is 0 Å². The molecule has 310 valence electrons. The number of unbranched alkanes of at least 4 members (excludes halogenated alkanes) is 2. The van der Waals surface area contributed by atoms with Crippen molar-refractivity contribution in [2.45, 2.75) is 88.2 Å². The standard InChI is InChI=1S/C42H54ClN3O11/c1-3-21-54-42-37(45(2)41(49)53-23-18-43)27-35(44-57-38-15-6-9-22-52-38)33-24-28(11-4-7-19-47)32(14-5-8-20-48)39(40(33)42)34-26-31(16-17-36(34)56-42)55-30-13-10-12-29(25-30)46(50)51/h3,10,12-13,16-17,24-26,28,32,37-40,47-48H,1,4-9,11,14-15,18-23,27H2,2H3/t28-,32+,37-,38?,39+,40+,42+/m0/s1. The Kier molecular flexibility index (Phi) is 14.9. The molecule has 1 saturated heterocycles. The van der Waals surface area contributed by atoms with Gasteiger partial charge in [-0.1, -0.05) is 36.2 Å². The third-order valence-electron chi connectivity index (χ3n) is 11.4. The van der Waals surface area contributed by atoms with E-state index in [0.29, 0.717) is 48.8 Å². The summed E-state index contributed by atoms with van der Waals surface area (Å²) in [4.78, 5) is 32.5. The number of rotatable bonds is 19. The first kappa shape index (κ1) is 42.4. The Hall–Kier alpha value is -4.21. The van der Waals surface area contributed by atoms with Crippen molar-refractivity contribution in [3.05, 3.63) is 82.4 Å². The number of nitro groups is 1. The summed E-state index contributed by atoms with van der Waals surface area (Å²) < 4.78 is 31.7. The summed E-state index contributed by atoms with van der Waals surface area (Å²) >= 11 is 5.93. The lowest BCUT2D eigenvalue weighted by atomic mass is 9.55. The molecule has 1 unspecified atom stereocenters. The molecule has 0 radical (unpaired) electrons. The second-order valence-electron chi connectivity index (χ2n) is 14.9. The van der Waals surface area contributed by atoms with Gasteiger partial charge in [-0.25, -0.2) is 4.79 Å². The molecule has 6 rings (SSSR count). The van der Waals surface area contributed by atoms with Crippen LogP contribution in [0.1, 0.15) is 75.7 Å². The van der Waals surface area contributed by atoms with Crippen molar-refractivity contribution in [1.82, 2.24) is 4.90 Å². The van der Waals surface area contributed by atoms with Crippen LogP contribution in [0.2, 0.25) is 0 Å². The highest BCUT2D eigenvalue weighted by Crippen LogP contribution is 2.62. The van der Waals surface area contributed by atoms with Gasteiger partial charge >= 0.3 is 6.09 Å². The van der Waals surface area contributed by atoms with Crippen molar-refractivity contribution in [2.75, 3.05) is 46.0 Å². The third-order valence-corrected chi connectivity index (χ3v) is 11.5. The normalized spacial score (nSPS) is 26.9. The van der Waals surface area contributed by atoms with Gasteiger partial charge in [0, 0.05) is 50.7 Å². The smallest absolute Gasteiger partial charge is 0.410 e. The number of likely N-dealkylation sites (N-methyl/N-ethyl adjacent to an activating group) is 1. The van der Waals surface area contributed by atoms with Crippen LogP contribution in [-0.2, 0) is 19.0 Å². The van der Waals surface area contributed by atoms with Crippen LogP contribution >= 0.6 is 11.6 Å². The van der Waals surface area contributed by atoms with Crippen molar-refractivity contribution in [2.24, 2.45) is 22.9 Å². The topological polar surface area (TPSA) is 172 Å². The van der Waals surface area contributed by atoms with Crippen LogP contribution in [0.15, 0.2) is 71.9 Å². The van der Waals surface area contributed by atoms with Gasteiger partial charge in [-0.15, -0.1) is 18.2 Å². The third kappa shape index (κ3) is 9.58. The molecule has 14 nitrogen and oxygen atoms in total. The summed E-state index contributed by atoms with van der Waals surface area (Å²) in [5.74, 6) is -0.854. The van der Waals surface area contributed by atoms with Crippen LogP contribution in [0.3, 0.4) is 0 Å². The molecule has 1 saturated carbocycles. The van der Waals surface area contributed by atoms with E-state index in [9.17, 15) is 25.1 Å². The van der Waals surface area contributed by atoms with Gasteiger partial charge in [-0.3, -0.25) is 10.1 Å². The van der Waals surface area contributed by atoms with E-state index in [1.165, 1.54) is 17.0 Å². The van der Waals surface area contributed by atoms with E-state index in [2.05, 4.69) is 12.7 Å². The second-order valence-corrected chi connectivity index (χ2v) is 15.3. The van der Waals surface area contributed by atoms with Crippen molar-refractivity contribution in [3.8, 4) is 17.2 Å². The zero-order valence-corrected chi connectivity index (χ0v) is 33.2. The highest BCUT2D eigenvalue weighted by atomic mass is 35.5. The zero-order chi connectivity index (χ0) is 40.4. The predicted octanol–water partition coefficient (Wildman–Crippen LogP) is 7.85. The number of hydrogen-bond donors (Lipinski definition) is 2. The Morgan fingerprint density at radius 2 is 1.91 bits per heavy atom. The van der Waals surface area contributed by atoms with E-state index >= 15 is 0 Å². The number of halogens is 1. The lowest BCUT2D eigenvalue weighted by molar-refractivity contribution is -0.384. The molecule has 4 aliphatic rings. The van der Waals surface area contributed by atoms with Crippen molar-refractivity contribution < 1.29 is 48.5 Å². The number of aliphatic hydroxyl groups excluding tert-OH is 2. The van der Waals surface area contributed by atoms with Gasteiger partial charge in [0.15, 0.2) is 0 Å². The molecule has 15 heteroatoms. The lowest BCUT2D eigenvalue weighted by Gasteiger charge is -2.59. The fourth-order valence-corrected chi connectivity index (χ4v) is 8.94. The molecule has 2 aromatic rings. The minimum Gasteiger partial charge on any atom is -0.459 e. The quantitative estimate of drug-likeness (QED) is 0.0465. The number of oxime groups is 1. The number of alkyl halides is 1. The van der Waals surface area contributed by atoms with E-state index in [-0.39, 0.29) is 62.2 Å². The molecule has 2 heterocycles. The number of amides is 1. The van der Waals surface area contributed by atoms with Gasteiger partial charge in [0.1, 0.15) is 29.9 Å². The Morgan fingerprint density at radius 3 is 2.63 bits per heavy atom. The molecule has 7 atom stereocenters. The molecule has 0 spiro atoms. The Labute approximate surface area is 338 Å². The van der Waals surface area contributed by atoms with Crippen molar-refractivity contribution in [1.29, 1.82) is 0 Å². The maximum atomic E-state index is 13.7. The van der Waals surface area contributed by atoms with Crippen LogP contribution in [0.5, 0.6) is 17.2 Å². The number of aliphatic hydroxyl groups is 2. The summed E-state index contributed by atoms with van der Waals surface area (Å²) in [6.07, 6.45) is 9.92. The first-order chi connectivity index (χ1) is 27.7. The molecule has 2 aliphatic carbocycles. The van der Waals surface area contributed by atoms with Gasteiger partial charge in [0.05, 0.1) is 41.7 Å². The molecule has 1 amide bonds. The fraction of sp³-hybridized carbons (Fsp3) is 0.571. The molecule has 2 fully saturated rings. The highest BCUT2D eigenvalue weighted by molar-refractivity contribution is 6.18. The Morgan fingerprint density at radius 1 is 1.12 bits per heavy atom. The van der Waals surface area contributed by atoms with E-state index in [1.807, 2.05) is 12.1 Å². The minimum absolute atomic E-state index is 0.0116. The summed E-state index contributed by atoms with van der Waals surface area (Å²) in [5, 5.41) is 36.1. The van der Waals surface area contributed by atoms with Crippen LogP contribution in [0, 0.1) is 27.9 Å². The SMILES string of the molecule is C=CCO[C@@]12Oc3ccc(Oc4cccc([N+](=O)[O-])c4)cc3[C@H]3[C@H](CCCCO)[C@@H](CCCCO)C=C(C(=NOC4CCCCO4)C[C@@H]1N(C)C(=O)OCCCl)[C@H]32. The van der Waals surface area contributed by atoms with E-state index < -0.39 is 35.1 Å². The molecular formula is C42H54ClN3O11. The average Bonchev–Trinajstić information content (AvgIpc) is 3.22. The maximum Gasteiger partial charge on any atom is 0.410 e. The van der Waals surface area contributed by atoms with E-state index in [0.717, 1.165) is 49.7 Å². The summed E-state index contributed by atoms with van der Waals surface area (Å²) in [5.41, 5.74) is 2.26. The number of non-ortho nitro benzene ring substituents is 1.